The van der Waals surface area contributed by atoms with Crippen LogP contribution in [0.25, 0.3) is 16.9 Å². The predicted octanol–water partition coefficient (Wildman–Crippen LogP) is 3.48. The SMILES string of the molecule is COc1ncnc2c1nc(N)n2-c1ccc(Br)c(Cl)c1Cl. The van der Waals surface area contributed by atoms with Crippen molar-refractivity contribution in [2.75, 3.05) is 12.8 Å². The summed E-state index contributed by atoms with van der Waals surface area (Å²) >= 11 is 15.8. The Morgan fingerprint density at radius 1 is 1.24 bits per heavy atom. The van der Waals surface area contributed by atoms with Crippen molar-refractivity contribution >= 4 is 56.2 Å². The molecule has 0 unspecified atom stereocenters. The summed E-state index contributed by atoms with van der Waals surface area (Å²) in [5.74, 6) is 0.550. The molecule has 2 aromatic heterocycles. The summed E-state index contributed by atoms with van der Waals surface area (Å²) in [4.78, 5) is 12.4. The number of nitrogens with two attached hydrogens (primary N) is 1. The first-order valence-corrected chi connectivity index (χ1v) is 7.26. The van der Waals surface area contributed by atoms with Gasteiger partial charge in [0.15, 0.2) is 11.2 Å². The normalized spacial score (nSPS) is 11.0. The van der Waals surface area contributed by atoms with Crippen molar-refractivity contribution in [2.45, 2.75) is 0 Å². The largest absolute Gasteiger partial charge is 0.479 e. The van der Waals surface area contributed by atoms with Crippen LogP contribution in [0.4, 0.5) is 5.95 Å². The average molecular weight is 389 g/mol. The number of nitrogens with zero attached hydrogens (tertiary/aromatic N) is 4. The fourth-order valence-corrected chi connectivity index (χ4v) is 2.82. The van der Waals surface area contributed by atoms with Crippen LogP contribution in [0.15, 0.2) is 22.9 Å². The van der Waals surface area contributed by atoms with E-state index in [1.165, 1.54) is 13.4 Å². The highest BCUT2D eigenvalue weighted by molar-refractivity contribution is 9.10. The zero-order chi connectivity index (χ0) is 15.1. The number of aromatic nitrogens is 4. The van der Waals surface area contributed by atoms with Crippen LogP contribution in [0.2, 0.25) is 10.0 Å². The second-order valence-electron chi connectivity index (χ2n) is 4.06. The second-order valence-corrected chi connectivity index (χ2v) is 5.67. The molecule has 0 saturated heterocycles. The number of methoxy groups -OCH3 is 1. The quantitative estimate of drug-likeness (QED) is 0.680. The van der Waals surface area contributed by atoms with Gasteiger partial charge in [-0.2, -0.15) is 4.98 Å². The van der Waals surface area contributed by atoms with Gasteiger partial charge < -0.3 is 10.5 Å². The lowest BCUT2D eigenvalue weighted by Crippen LogP contribution is -2.02. The Kier molecular flexibility index (Phi) is 3.64. The molecule has 21 heavy (non-hydrogen) atoms. The Balaban J connectivity index is 2.36. The van der Waals surface area contributed by atoms with E-state index < -0.39 is 0 Å². The molecule has 2 heterocycles. The summed E-state index contributed by atoms with van der Waals surface area (Å²) in [6.07, 6.45) is 1.37. The fraction of sp³-hybridized carbons (Fsp3) is 0.0833. The Morgan fingerprint density at radius 2 is 2.00 bits per heavy atom. The Labute approximate surface area is 138 Å². The number of fused-ring (bicyclic) bond motifs is 1. The van der Waals surface area contributed by atoms with E-state index >= 15 is 0 Å². The zero-order valence-corrected chi connectivity index (χ0v) is 13.7. The topological polar surface area (TPSA) is 78.8 Å². The van der Waals surface area contributed by atoms with E-state index in [0.717, 1.165) is 0 Å². The van der Waals surface area contributed by atoms with E-state index in [1.54, 1.807) is 16.7 Å². The molecule has 9 heteroatoms. The van der Waals surface area contributed by atoms with Gasteiger partial charge >= 0.3 is 0 Å². The van der Waals surface area contributed by atoms with E-state index in [4.69, 9.17) is 33.7 Å². The third-order valence-corrected chi connectivity index (χ3v) is 4.65. The molecular formula is C12H8BrCl2N5O. The van der Waals surface area contributed by atoms with Crippen LogP contribution in [-0.4, -0.2) is 26.6 Å². The van der Waals surface area contributed by atoms with Crippen LogP contribution >= 0.6 is 39.1 Å². The highest BCUT2D eigenvalue weighted by Gasteiger charge is 2.19. The molecule has 0 aliphatic carbocycles. The highest BCUT2D eigenvalue weighted by atomic mass is 79.9. The first-order chi connectivity index (χ1) is 10.0. The maximum absolute atomic E-state index is 6.30. The zero-order valence-electron chi connectivity index (χ0n) is 10.6. The fourth-order valence-electron chi connectivity index (χ4n) is 1.96. The summed E-state index contributed by atoms with van der Waals surface area (Å²) in [5, 5.41) is 0.728. The summed E-state index contributed by atoms with van der Waals surface area (Å²) in [5.41, 5.74) is 7.49. The van der Waals surface area contributed by atoms with E-state index in [0.29, 0.717) is 37.2 Å². The van der Waals surface area contributed by atoms with E-state index in [9.17, 15) is 0 Å². The Morgan fingerprint density at radius 3 is 2.71 bits per heavy atom. The van der Waals surface area contributed by atoms with Crippen molar-refractivity contribution in [2.24, 2.45) is 0 Å². The van der Waals surface area contributed by atoms with Gasteiger partial charge in [-0.15, -0.1) is 0 Å². The number of halogens is 3. The molecule has 1 aromatic carbocycles. The Bertz CT molecular complexity index is 851. The van der Waals surface area contributed by atoms with Gasteiger partial charge in [-0.05, 0) is 28.1 Å². The highest BCUT2D eigenvalue weighted by Crippen LogP contribution is 2.37. The van der Waals surface area contributed by atoms with Gasteiger partial charge in [0, 0.05) is 4.47 Å². The summed E-state index contributed by atoms with van der Waals surface area (Å²) in [6, 6.07) is 3.54. The van der Waals surface area contributed by atoms with Crippen LogP contribution < -0.4 is 10.5 Å². The molecule has 0 bridgehead atoms. The number of nitrogen functional groups attached to an aromatic ring is 1. The van der Waals surface area contributed by atoms with Crippen LogP contribution in [0.5, 0.6) is 5.88 Å². The van der Waals surface area contributed by atoms with Crippen molar-refractivity contribution in [3.63, 3.8) is 0 Å². The van der Waals surface area contributed by atoms with Gasteiger partial charge in [0.1, 0.15) is 6.33 Å². The molecule has 0 aliphatic rings. The van der Waals surface area contributed by atoms with Crippen molar-refractivity contribution in [3.8, 4) is 11.6 Å². The molecule has 6 nitrogen and oxygen atoms in total. The molecule has 0 radical (unpaired) electrons. The van der Waals surface area contributed by atoms with Crippen molar-refractivity contribution in [1.29, 1.82) is 0 Å². The molecule has 3 aromatic rings. The number of rotatable bonds is 2. The molecule has 0 amide bonds. The van der Waals surface area contributed by atoms with Crippen LogP contribution in [0.1, 0.15) is 0 Å². The van der Waals surface area contributed by atoms with E-state index in [2.05, 4.69) is 30.9 Å². The summed E-state index contributed by atoms with van der Waals surface area (Å²) in [6.45, 7) is 0. The molecular weight excluding hydrogens is 381 g/mol. The van der Waals surface area contributed by atoms with E-state index in [-0.39, 0.29) is 5.95 Å². The van der Waals surface area contributed by atoms with Crippen LogP contribution in [-0.2, 0) is 0 Å². The molecule has 0 atom stereocenters. The van der Waals surface area contributed by atoms with Gasteiger partial charge in [0.05, 0.1) is 22.8 Å². The van der Waals surface area contributed by atoms with E-state index in [1.807, 2.05) is 0 Å². The van der Waals surface area contributed by atoms with Crippen molar-refractivity contribution < 1.29 is 4.74 Å². The van der Waals surface area contributed by atoms with Crippen LogP contribution in [0, 0.1) is 0 Å². The molecule has 0 saturated carbocycles. The van der Waals surface area contributed by atoms with Gasteiger partial charge in [-0.1, -0.05) is 23.2 Å². The maximum Gasteiger partial charge on any atom is 0.245 e. The van der Waals surface area contributed by atoms with Gasteiger partial charge in [-0.25, -0.2) is 9.97 Å². The van der Waals surface area contributed by atoms with Gasteiger partial charge in [-0.3, -0.25) is 4.57 Å². The Hall–Kier alpha value is -1.57. The minimum atomic E-state index is 0.212. The number of hydrogen-bond donors (Lipinski definition) is 1. The molecule has 0 aliphatic heterocycles. The molecule has 3 rings (SSSR count). The maximum atomic E-state index is 6.30. The van der Waals surface area contributed by atoms with Gasteiger partial charge in [0.25, 0.3) is 0 Å². The molecule has 0 fully saturated rings. The minimum Gasteiger partial charge on any atom is -0.479 e. The number of anilines is 1. The molecule has 108 valence electrons. The lowest BCUT2D eigenvalue weighted by molar-refractivity contribution is 0.401. The first-order valence-electron chi connectivity index (χ1n) is 5.71. The van der Waals surface area contributed by atoms with Crippen molar-refractivity contribution in [1.82, 2.24) is 19.5 Å². The third kappa shape index (κ3) is 2.21. The number of ether oxygens (including phenoxy) is 1. The molecule has 0 spiro atoms. The number of hydrogen-bond acceptors (Lipinski definition) is 5. The first kappa shape index (κ1) is 14.4. The standard InChI is InChI=1S/C12H8BrCl2N5O/c1-21-11-9-10(17-4-18-11)20(12(16)19-9)6-3-2-5(13)7(14)8(6)15/h2-4H,1H3,(H2,16,19). The molecule has 2 N–H and O–H groups in total. The summed E-state index contributed by atoms with van der Waals surface area (Å²) < 4.78 is 7.44. The lowest BCUT2D eigenvalue weighted by Gasteiger charge is -2.10. The van der Waals surface area contributed by atoms with Gasteiger partial charge in [0.2, 0.25) is 11.8 Å². The lowest BCUT2D eigenvalue weighted by atomic mass is 10.3. The monoisotopic (exact) mass is 387 g/mol. The number of benzene rings is 1. The predicted molar refractivity (Wildman–Crippen MR) is 85.3 cm³/mol. The number of imidazole rings is 1. The minimum absolute atomic E-state index is 0.212. The average Bonchev–Trinajstić information content (AvgIpc) is 2.81. The van der Waals surface area contributed by atoms with Crippen molar-refractivity contribution in [3.05, 3.63) is 33.0 Å². The smallest absolute Gasteiger partial charge is 0.245 e. The van der Waals surface area contributed by atoms with Crippen LogP contribution in [0.3, 0.4) is 0 Å². The second kappa shape index (κ2) is 5.32. The third-order valence-electron chi connectivity index (χ3n) is 2.89. The summed E-state index contributed by atoms with van der Waals surface area (Å²) in [7, 11) is 1.50.